The van der Waals surface area contributed by atoms with Crippen LogP contribution in [-0.2, 0) is 10.2 Å². The molecule has 1 rings (SSSR count). The number of carbonyl (C=O) groups is 1. The van der Waals surface area contributed by atoms with Gasteiger partial charge in [0.2, 0.25) is 5.24 Å². The van der Waals surface area contributed by atoms with E-state index in [9.17, 15) is 4.79 Å². The van der Waals surface area contributed by atoms with E-state index in [-0.39, 0.29) is 0 Å². The maximum atomic E-state index is 10.9. The van der Waals surface area contributed by atoms with Gasteiger partial charge in [-0.05, 0) is 37.6 Å². The SMILES string of the molecule is CC(C)(C(=O)Cl)c1ccco1. The molecule has 0 saturated heterocycles. The summed E-state index contributed by atoms with van der Waals surface area (Å²) in [7, 11) is 0. The second-order valence-electron chi connectivity index (χ2n) is 2.88. The van der Waals surface area contributed by atoms with Gasteiger partial charge in [0.05, 0.1) is 11.7 Å². The summed E-state index contributed by atoms with van der Waals surface area (Å²) in [6, 6.07) is 3.47. The predicted octanol–water partition coefficient (Wildman–Crippen LogP) is 2.32. The highest BCUT2D eigenvalue weighted by Crippen LogP contribution is 2.25. The minimum atomic E-state index is -0.717. The zero-order chi connectivity index (χ0) is 8.48. The highest BCUT2D eigenvalue weighted by molar-refractivity contribution is 6.65. The second kappa shape index (κ2) is 2.70. The Hall–Kier alpha value is -0.760. The van der Waals surface area contributed by atoms with Crippen LogP contribution < -0.4 is 0 Å². The number of furan rings is 1. The summed E-state index contributed by atoms with van der Waals surface area (Å²) in [6.07, 6.45) is 1.52. The summed E-state index contributed by atoms with van der Waals surface area (Å²) in [5.74, 6) is 0.595. The first-order valence-electron chi connectivity index (χ1n) is 3.29. The fraction of sp³-hybridized carbons (Fsp3) is 0.375. The van der Waals surface area contributed by atoms with Crippen LogP contribution in [0.1, 0.15) is 19.6 Å². The van der Waals surface area contributed by atoms with Crippen molar-refractivity contribution >= 4 is 16.8 Å². The van der Waals surface area contributed by atoms with Crippen LogP contribution in [0.15, 0.2) is 22.8 Å². The van der Waals surface area contributed by atoms with Gasteiger partial charge in [0.25, 0.3) is 0 Å². The molecule has 3 heteroatoms. The van der Waals surface area contributed by atoms with Crippen molar-refractivity contribution in [3.05, 3.63) is 24.2 Å². The van der Waals surface area contributed by atoms with E-state index >= 15 is 0 Å². The zero-order valence-electron chi connectivity index (χ0n) is 6.43. The van der Waals surface area contributed by atoms with Crippen LogP contribution in [-0.4, -0.2) is 5.24 Å². The van der Waals surface area contributed by atoms with Gasteiger partial charge in [-0.2, -0.15) is 0 Å². The molecule has 0 bridgehead atoms. The topological polar surface area (TPSA) is 30.2 Å². The van der Waals surface area contributed by atoms with E-state index in [0.29, 0.717) is 5.76 Å². The molecule has 0 saturated carbocycles. The highest BCUT2D eigenvalue weighted by Gasteiger charge is 2.30. The van der Waals surface area contributed by atoms with Gasteiger partial charge in [0, 0.05) is 0 Å². The molecule has 60 valence electrons. The molecule has 0 unspecified atom stereocenters. The molecule has 1 aromatic heterocycles. The first kappa shape index (κ1) is 8.34. The Balaban J connectivity index is 3.00. The molecule has 0 aliphatic heterocycles. The fourth-order valence-electron chi connectivity index (χ4n) is 0.731. The molecule has 1 aromatic rings. The Morgan fingerprint density at radius 2 is 2.27 bits per heavy atom. The largest absolute Gasteiger partial charge is 0.468 e. The van der Waals surface area contributed by atoms with Gasteiger partial charge < -0.3 is 4.42 Å². The normalized spacial score (nSPS) is 11.5. The van der Waals surface area contributed by atoms with E-state index in [4.69, 9.17) is 16.0 Å². The van der Waals surface area contributed by atoms with Crippen molar-refractivity contribution in [2.24, 2.45) is 0 Å². The number of rotatable bonds is 2. The summed E-state index contributed by atoms with van der Waals surface area (Å²) in [5, 5.41) is -0.410. The summed E-state index contributed by atoms with van der Waals surface area (Å²) >= 11 is 5.36. The predicted molar refractivity (Wildman–Crippen MR) is 42.6 cm³/mol. The molecular formula is C8H9ClO2. The Morgan fingerprint density at radius 1 is 1.64 bits per heavy atom. The third kappa shape index (κ3) is 1.46. The molecular weight excluding hydrogens is 164 g/mol. The van der Waals surface area contributed by atoms with Gasteiger partial charge in [0.1, 0.15) is 5.76 Å². The van der Waals surface area contributed by atoms with Crippen molar-refractivity contribution < 1.29 is 9.21 Å². The Labute approximate surface area is 70.2 Å². The summed E-state index contributed by atoms with van der Waals surface area (Å²) < 4.78 is 5.05. The van der Waals surface area contributed by atoms with E-state index in [0.717, 1.165) is 0 Å². The van der Waals surface area contributed by atoms with Crippen LogP contribution in [0, 0.1) is 0 Å². The first-order valence-corrected chi connectivity index (χ1v) is 3.67. The molecule has 2 nitrogen and oxygen atoms in total. The van der Waals surface area contributed by atoms with Crippen LogP contribution in [0.25, 0.3) is 0 Å². The highest BCUT2D eigenvalue weighted by atomic mass is 35.5. The molecule has 0 aliphatic carbocycles. The lowest BCUT2D eigenvalue weighted by atomic mass is 9.92. The van der Waals surface area contributed by atoms with Gasteiger partial charge in [-0.3, -0.25) is 4.79 Å². The molecule has 0 fully saturated rings. The Morgan fingerprint density at radius 3 is 2.64 bits per heavy atom. The molecule has 0 amide bonds. The smallest absolute Gasteiger partial charge is 0.234 e. The van der Waals surface area contributed by atoms with Gasteiger partial charge >= 0.3 is 0 Å². The molecule has 11 heavy (non-hydrogen) atoms. The number of carbonyl (C=O) groups excluding carboxylic acids is 1. The minimum absolute atomic E-state index is 0.410. The Bertz CT molecular complexity index is 249. The average molecular weight is 173 g/mol. The van der Waals surface area contributed by atoms with E-state index in [1.54, 1.807) is 26.0 Å². The summed E-state index contributed by atoms with van der Waals surface area (Å²) in [5.41, 5.74) is -0.717. The second-order valence-corrected chi connectivity index (χ2v) is 3.22. The van der Waals surface area contributed by atoms with Crippen LogP contribution in [0.5, 0.6) is 0 Å². The van der Waals surface area contributed by atoms with Crippen molar-refractivity contribution in [3.8, 4) is 0 Å². The average Bonchev–Trinajstić information content (AvgIpc) is 2.37. The number of halogens is 1. The fourth-order valence-corrected chi connectivity index (χ4v) is 0.824. The summed E-state index contributed by atoms with van der Waals surface area (Å²) in [6.45, 7) is 3.45. The van der Waals surface area contributed by atoms with E-state index in [2.05, 4.69) is 0 Å². The van der Waals surface area contributed by atoms with Gasteiger partial charge in [0.15, 0.2) is 0 Å². The maximum absolute atomic E-state index is 10.9. The van der Waals surface area contributed by atoms with Gasteiger partial charge in [-0.15, -0.1) is 0 Å². The standard InChI is InChI=1S/C8H9ClO2/c1-8(2,7(9)10)6-4-3-5-11-6/h3-5H,1-2H3. The van der Waals surface area contributed by atoms with Crippen molar-refractivity contribution in [1.29, 1.82) is 0 Å². The van der Waals surface area contributed by atoms with Crippen LogP contribution >= 0.6 is 11.6 Å². The van der Waals surface area contributed by atoms with Crippen molar-refractivity contribution in [1.82, 2.24) is 0 Å². The molecule has 0 atom stereocenters. The molecule has 0 N–H and O–H groups in total. The lowest BCUT2D eigenvalue weighted by molar-refractivity contribution is -0.116. The minimum Gasteiger partial charge on any atom is -0.468 e. The summed E-state index contributed by atoms with van der Waals surface area (Å²) in [4.78, 5) is 10.9. The lowest BCUT2D eigenvalue weighted by Crippen LogP contribution is -2.23. The van der Waals surface area contributed by atoms with Crippen LogP contribution in [0.2, 0.25) is 0 Å². The van der Waals surface area contributed by atoms with Crippen LogP contribution in [0.3, 0.4) is 0 Å². The van der Waals surface area contributed by atoms with Crippen molar-refractivity contribution in [2.75, 3.05) is 0 Å². The van der Waals surface area contributed by atoms with E-state index in [1.807, 2.05) is 0 Å². The molecule has 0 aromatic carbocycles. The molecule has 0 spiro atoms. The molecule has 1 heterocycles. The quantitative estimate of drug-likeness (QED) is 0.641. The Kier molecular flexibility index (Phi) is 2.05. The van der Waals surface area contributed by atoms with Crippen LogP contribution in [0.4, 0.5) is 0 Å². The lowest BCUT2D eigenvalue weighted by Gasteiger charge is -2.15. The first-order chi connectivity index (χ1) is 5.05. The third-order valence-corrected chi connectivity index (χ3v) is 2.10. The maximum Gasteiger partial charge on any atom is 0.234 e. The van der Waals surface area contributed by atoms with Gasteiger partial charge in [-0.1, -0.05) is 0 Å². The molecule has 0 radical (unpaired) electrons. The third-order valence-electron chi connectivity index (χ3n) is 1.63. The number of hydrogen-bond donors (Lipinski definition) is 0. The molecule has 0 aliphatic rings. The monoisotopic (exact) mass is 172 g/mol. The number of hydrogen-bond acceptors (Lipinski definition) is 2. The zero-order valence-corrected chi connectivity index (χ0v) is 7.18. The van der Waals surface area contributed by atoms with Crippen molar-refractivity contribution in [2.45, 2.75) is 19.3 Å². The van der Waals surface area contributed by atoms with E-state index in [1.165, 1.54) is 6.26 Å². The van der Waals surface area contributed by atoms with E-state index < -0.39 is 10.7 Å². The van der Waals surface area contributed by atoms with Gasteiger partial charge in [-0.25, -0.2) is 0 Å². The van der Waals surface area contributed by atoms with Crippen molar-refractivity contribution in [3.63, 3.8) is 0 Å².